The summed E-state index contributed by atoms with van der Waals surface area (Å²) < 4.78 is 28.1. The molecule has 96 valence electrons. The van der Waals surface area contributed by atoms with Gasteiger partial charge in [0, 0.05) is 11.6 Å². The molecule has 0 saturated heterocycles. The Balaban J connectivity index is 2.88. The average molecular weight is 278 g/mol. The highest BCUT2D eigenvalue weighted by Crippen LogP contribution is 2.24. The van der Waals surface area contributed by atoms with Crippen LogP contribution in [0.25, 0.3) is 0 Å². The molecule has 17 heavy (non-hydrogen) atoms. The Kier molecular flexibility index (Phi) is 4.69. The Morgan fingerprint density at radius 1 is 1.41 bits per heavy atom. The molecule has 0 heterocycles. The smallest absolute Gasteiger partial charge is 0.146 e. The van der Waals surface area contributed by atoms with Crippen LogP contribution in [0, 0.1) is 5.82 Å². The zero-order valence-electron chi connectivity index (χ0n) is 10.4. The second-order valence-electron chi connectivity index (χ2n) is 4.86. The summed E-state index contributed by atoms with van der Waals surface area (Å²) in [4.78, 5) is 0. The van der Waals surface area contributed by atoms with Crippen molar-refractivity contribution in [2.45, 2.75) is 38.5 Å². The maximum absolute atomic E-state index is 13.7. The first kappa shape index (κ1) is 14.6. The molecule has 0 aromatic heterocycles. The minimum atomic E-state index is -1.24. The van der Waals surface area contributed by atoms with Crippen LogP contribution >= 0.6 is 11.6 Å². The van der Waals surface area contributed by atoms with Crippen LogP contribution in [0.5, 0.6) is 0 Å². The van der Waals surface area contributed by atoms with Crippen molar-refractivity contribution in [2.24, 2.45) is 0 Å². The van der Waals surface area contributed by atoms with Crippen molar-refractivity contribution in [2.75, 3.05) is 0 Å². The van der Waals surface area contributed by atoms with Gasteiger partial charge in [-0.3, -0.25) is 0 Å². The first-order chi connectivity index (χ1) is 7.73. The van der Waals surface area contributed by atoms with E-state index in [9.17, 15) is 8.60 Å². The third-order valence-electron chi connectivity index (χ3n) is 2.29. The fourth-order valence-electron chi connectivity index (χ4n) is 1.26. The number of hydrogen-bond donors (Lipinski definition) is 1. The minimum Gasteiger partial charge on any atom is -0.242 e. The largest absolute Gasteiger partial charge is 0.242 e. The van der Waals surface area contributed by atoms with Crippen LogP contribution in [-0.2, 0) is 11.0 Å². The fraction of sp³-hybridized carbons (Fsp3) is 0.500. The van der Waals surface area contributed by atoms with Crippen LogP contribution in [0.3, 0.4) is 0 Å². The van der Waals surface area contributed by atoms with Crippen molar-refractivity contribution in [3.63, 3.8) is 0 Å². The maximum Gasteiger partial charge on any atom is 0.146 e. The number of nitrogens with one attached hydrogen (secondary N) is 1. The summed E-state index contributed by atoms with van der Waals surface area (Å²) in [5.74, 6) is -0.458. The highest BCUT2D eigenvalue weighted by Gasteiger charge is 2.23. The lowest BCUT2D eigenvalue weighted by Crippen LogP contribution is -2.35. The Morgan fingerprint density at radius 3 is 2.53 bits per heavy atom. The van der Waals surface area contributed by atoms with Gasteiger partial charge in [-0.25, -0.2) is 13.3 Å². The molecule has 0 aliphatic heterocycles. The molecular weight excluding hydrogens is 261 g/mol. The summed E-state index contributed by atoms with van der Waals surface area (Å²) in [5, 5.41) is 0.0812. The lowest BCUT2D eigenvalue weighted by Gasteiger charge is -2.22. The SMILES string of the molecule is CC(NS(=O)C(C)(C)C)c1cccc(Cl)c1F. The van der Waals surface area contributed by atoms with Gasteiger partial charge in [-0.2, -0.15) is 0 Å². The molecule has 0 amide bonds. The van der Waals surface area contributed by atoms with Gasteiger partial charge < -0.3 is 0 Å². The normalized spacial score (nSPS) is 15.6. The van der Waals surface area contributed by atoms with E-state index < -0.39 is 16.8 Å². The van der Waals surface area contributed by atoms with Crippen LogP contribution in [-0.4, -0.2) is 8.96 Å². The molecule has 1 aromatic rings. The molecule has 1 rings (SSSR count). The summed E-state index contributed by atoms with van der Waals surface area (Å²) >= 11 is 5.71. The number of hydrogen-bond acceptors (Lipinski definition) is 1. The van der Waals surface area contributed by atoms with E-state index in [-0.39, 0.29) is 15.8 Å². The minimum absolute atomic E-state index is 0.0812. The third kappa shape index (κ3) is 3.76. The highest BCUT2D eigenvalue weighted by atomic mass is 35.5. The predicted molar refractivity (Wildman–Crippen MR) is 70.9 cm³/mol. The van der Waals surface area contributed by atoms with Crippen LogP contribution in [0.15, 0.2) is 18.2 Å². The molecule has 5 heteroatoms. The van der Waals surface area contributed by atoms with Gasteiger partial charge in [0.15, 0.2) is 0 Å². The van der Waals surface area contributed by atoms with Crippen molar-refractivity contribution in [3.8, 4) is 0 Å². The molecule has 2 nitrogen and oxygen atoms in total. The summed E-state index contributed by atoms with van der Waals surface area (Å²) in [6.07, 6.45) is 0. The number of rotatable bonds is 3. The van der Waals surface area contributed by atoms with E-state index in [0.717, 1.165) is 0 Å². The van der Waals surface area contributed by atoms with Crippen molar-refractivity contribution in [1.82, 2.24) is 4.72 Å². The lowest BCUT2D eigenvalue weighted by atomic mass is 10.1. The fourth-order valence-corrected chi connectivity index (χ4v) is 2.24. The zero-order valence-corrected chi connectivity index (χ0v) is 12.0. The molecule has 0 radical (unpaired) electrons. The Bertz CT molecular complexity index is 431. The van der Waals surface area contributed by atoms with Gasteiger partial charge in [0.05, 0.1) is 20.8 Å². The standard InChI is InChI=1S/C12H17ClFNOS/c1-8(15-17(16)12(2,3)4)9-6-5-7-10(13)11(9)14/h5-8,15H,1-4H3. The molecule has 1 aromatic carbocycles. The van der Waals surface area contributed by atoms with Gasteiger partial charge in [-0.1, -0.05) is 23.7 Å². The van der Waals surface area contributed by atoms with Gasteiger partial charge in [0.2, 0.25) is 0 Å². The van der Waals surface area contributed by atoms with E-state index in [0.29, 0.717) is 5.56 Å². The van der Waals surface area contributed by atoms with E-state index in [1.54, 1.807) is 19.1 Å². The van der Waals surface area contributed by atoms with E-state index in [4.69, 9.17) is 11.6 Å². The van der Waals surface area contributed by atoms with Crippen molar-refractivity contribution < 1.29 is 8.60 Å². The Hall–Kier alpha value is -0.450. The second-order valence-corrected chi connectivity index (χ2v) is 7.27. The molecule has 2 atom stereocenters. The number of halogens is 2. The Morgan fingerprint density at radius 2 is 2.00 bits per heavy atom. The number of benzene rings is 1. The van der Waals surface area contributed by atoms with Crippen molar-refractivity contribution in [1.29, 1.82) is 0 Å². The van der Waals surface area contributed by atoms with Gasteiger partial charge in [0.25, 0.3) is 0 Å². The van der Waals surface area contributed by atoms with Crippen LogP contribution in [0.2, 0.25) is 5.02 Å². The van der Waals surface area contributed by atoms with Crippen LogP contribution in [0.1, 0.15) is 39.3 Å². The topological polar surface area (TPSA) is 29.1 Å². The van der Waals surface area contributed by atoms with Gasteiger partial charge >= 0.3 is 0 Å². The molecule has 0 aliphatic rings. The Labute approximate surface area is 109 Å². The van der Waals surface area contributed by atoms with Crippen LogP contribution < -0.4 is 4.72 Å². The first-order valence-electron chi connectivity index (χ1n) is 5.35. The summed E-state index contributed by atoms with van der Waals surface area (Å²) in [7, 11) is -1.24. The molecule has 0 bridgehead atoms. The molecule has 0 spiro atoms. The summed E-state index contributed by atoms with van der Waals surface area (Å²) in [6.45, 7) is 7.34. The summed E-state index contributed by atoms with van der Waals surface area (Å²) in [6, 6.07) is 4.46. The molecule has 2 unspecified atom stereocenters. The maximum atomic E-state index is 13.7. The van der Waals surface area contributed by atoms with E-state index in [1.165, 1.54) is 6.07 Å². The van der Waals surface area contributed by atoms with Crippen LogP contribution in [0.4, 0.5) is 4.39 Å². The molecule has 0 fully saturated rings. The van der Waals surface area contributed by atoms with Crippen molar-refractivity contribution in [3.05, 3.63) is 34.6 Å². The highest BCUT2D eigenvalue weighted by molar-refractivity contribution is 7.84. The van der Waals surface area contributed by atoms with E-state index in [2.05, 4.69) is 4.72 Å². The van der Waals surface area contributed by atoms with Gasteiger partial charge in [0.1, 0.15) is 5.82 Å². The monoisotopic (exact) mass is 277 g/mol. The molecule has 1 N–H and O–H groups in total. The lowest BCUT2D eigenvalue weighted by molar-refractivity contribution is 0.572. The molecular formula is C12H17ClFNOS. The first-order valence-corrected chi connectivity index (χ1v) is 6.88. The average Bonchev–Trinajstić information content (AvgIpc) is 2.20. The molecule has 0 saturated carbocycles. The van der Waals surface area contributed by atoms with Gasteiger partial charge in [-0.15, -0.1) is 0 Å². The molecule has 0 aliphatic carbocycles. The van der Waals surface area contributed by atoms with E-state index >= 15 is 0 Å². The van der Waals surface area contributed by atoms with Gasteiger partial charge in [-0.05, 0) is 33.8 Å². The summed E-state index contributed by atoms with van der Waals surface area (Å²) in [5.41, 5.74) is 0.426. The predicted octanol–water partition coefficient (Wildman–Crippen LogP) is 3.59. The zero-order chi connectivity index (χ0) is 13.2. The second kappa shape index (κ2) is 5.46. The van der Waals surface area contributed by atoms with E-state index in [1.807, 2.05) is 20.8 Å². The van der Waals surface area contributed by atoms with Crippen molar-refractivity contribution >= 4 is 22.6 Å². The quantitative estimate of drug-likeness (QED) is 0.899. The third-order valence-corrected chi connectivity index (χ3v) is 4.26.